The predicted octanol–water partition coefficient (Wildman–Crippen LogP) is 1.78. The van der Waals surface area contributed by atoms with E-state index in [-0.39, 0.29) is 5.75 Å². The highest BCUT2D eigenvalue weighted by atomic mass is 16.5. The lowest BCUT2D eigenvalue weighted by molar-refractivity contribution is 0.150. The first kappa shape index (κ1) is 10.3. The molecular formula is C12H16O3. The highest BCUT2D eigenvalue weighted by Crippen LogP contribution is 2.42. The lowest BCUT2D eigenvalue weighted by Crippen LogP contribution is -2.11. The Bertz CT molecular complexity index is 381. The van der Waals surface area contributed by atoms with E-state index in [1.165, 1.54) is 7.11 Å². The van der Waals surface area contributed by atoms with E-state index in [0.717, 1.165) is 24.0 Å². The van der Waals surface area contributed by atoms with Gasteiger partial charge in [0.15, 0.2) is 11.5 Å². The Balaban J connectivity index is 2.31. The van der Waals surface area contributed by atoms with Gasteiger partial charge in [-0.1, -0.05) is 12.1 Å². The second kappa shape index (κ2) is 3.42. The summed E-state index contributed by atoms with van der Waals surface area (Å²) in [6.07, 6.45) is 2.15. The number of benzene rings is 1. The summed E-state index contributed by atoms with van der Waals surface area (Å²) in [6.45, 7) is 1.88. The maximum absolute atomic E-state index is 9.92. The number of aryl methyl sites for hydroxylation is 1. The monoisotopic (exact) mass is 208 g/mol. The van der Waals surface area contributed by atoms with Crippen LogP contribution in [-0.2, 0) is 6.42 Å². The number of methoxy groups -OCH3 is 1. The summed E-state index contributed by atoms with van der Waals surface area (Å²) in [5, 5.41) is 19.7. The number of aliphatic hydroxyl groups is 1. The van der Waals surface area contributed by atoms with Gasteiger partial charge in [-0.25, -0.2) is 0 Å². The van der Waals surface area contributed by atoms with Crippen molar-refractivity contribution in [1.82, 2.24) is 0 Å². The fourth-order valence-corrected chi connectivity index (χ4v) is 1.79. The van der Waals surface area contributed by atoms with Crippen LogP contribution in [0.4, 0.5) is 0 Å². The van der Waals surface area contributed by atoms with Gasteiger partial charge >= 0.3 is 0 Å². The molecule has 0 radical (unpaired) electrons. The number of phenols is 1. The minimum Gasteiger partial charge on any atom is -0.504 e. The van der Waals surface area contributed by atoms with Crippen molar-refractivity contribution in [3.05, 3.63) is 23.3 Å². The van der Waals surface area contributed by atoms with Gasteiger partial charge in [0, 0.05) is 12.0 Å². The van der Waals surface area contributed by atoms with E-state index in [9.17, 15) is 10.2 Å². The van der Waals surface area contributed by atoms with Crippen molar-refractivity contribution < 1.29 is 14.9 Å². The van der Waals surface area contributed by atoms with Crippen molar-refractivity contribution in [2.75, 3.05) is 7.11 Å². The third-order valence-corrected chi connectivity index (χ3v) is 2.96. The van der Waals surface area contributed by atoms with Gasteiger partial charge in [-0.3, -0.25) is 0 Å². The lowest BCUT2D eigenvalue weighted by Gasteiger charge is -2.13. The van der Waals surface area contributed by atoms with Crippen LogP contribution in [0.25, 0.3) is 0 Å². The van der Waals surface area contributed by atoms with Crippen LogP contribution >= 0.6 is 0 Å². The highest BCUT2D eigenvalue weighted by molar-refractivity contribution is 5.51. The van der Waals surface area contributed by atoms with Gasteiger partial charge in [-0.15, -0.1) is 0 Å². The van der Waals surface area contributed by atoms with Crippen molar-refractivity contribution in [2.24, 2.45) is 0 Å². The Kier molecular flexibility index (Phi) is 2.35. The predicted molar refractivity (Wildman–Crippen MR) is 57.3 cm³/mol. The van der Waals surface area contributed by atoms with Crippen molar-refractivity contribution in [2.45, 2.75) is 31.8 Å². The summed E-state index contributed by atoms with van der Waals surface area (Å²) in [7, 11) is 1.54. The average molecular weight is 208 g/mol. The molecule has 1 aliphatic rings. The zero-order chi connectivity index (χ0) is 11.1. The number of phenolic OH excluding ortho intramolecular Hbond substituents is 1. The molecule has 2 N–H and O–H groups in total. The molecule has 1 fully saturated rings. The van der Waals surface area contributed by atoms with Crippen LogP contribution in [0, 0.1) is 6.92 Å². The van der Waals surface area contributed by atoms with Crippen LogP contribution in [0.15, 0.2) is 12.1 Å². The first-order valence-corrected chi connectivity index (χ1v) is 5.13. The number of hydrogen-bond acceptors (Lipinski definition) is 3. The molecule has 1 aliphatic carbocycles. The van der Waals surface area contributed by atoms with E-state index >= 15 is 0 Å². The van der Waals surface area contributed by atoms with E-state index in [0.29, 0.717) is 12.2 Å². The molecule has 0 amide bonds. The molecule has 0 aromatic heterocycles. The number of rotatable bonds is 3. The minimum absolute atomic E-state index is 0.165. The Morgan fingerprint density at radius 3 is 2.60 bits per heavy atom. The Labute approximate surface area is 89.3 Å². The molecule has 2 rings (SSSR count). The number of aromatic hydroxyl groups is 1. The molecule has 3 nitrogen and oxygen atoms in total. The van der Waals surface area contributed by atoms with Crippen LogP contribution in [0.3, 0.4) is 0 Å². The molecule has 0 aliphatic heterocycles. The quantitative estimate of drug-likeness (QED) is 0.796. The van der Waals surface area contributed by atoms with Gasteiger partial charge in [0.25, 0.3) is 0 Å². The van der Waals surface area contributed by atoms with Gasteiger partial charge in [-0.05, 0) is 25.3 Å². The zero-order valence-electron chi connectivity index (χ0n) is 9.08. The van der Waals surface area contributed by atoms with Crippen molar-refractivity contribution in [3.63, 3.8) is 0 Å². The topological polar surface area (TPSA) is 49.7 Å². The van der Waals surface area contributed by atoms with Gasteiger partial charge in [0.2, 0.25) is 0 Å². The maximum Gasteiger partial charge on any atom is 0.163 e. The molecule has 1 saturated carbocycles. The first-order chi connectivity index (χ1) is 7.06. The third kappa shape index (κ3) is 1.92. The molecule has 82 valence electrons. The highest BCUT2D eigenvalue weighted by Gasteiger charge is 2.40. The zero-order valence-corrected chi connectivity index (χ0v) is 9.08. The van der Waals surface area contributed by atoms with E-state index in [1.54, 1.807) is 0 Å². The smallest absolute Gasteiger partial charge is 0.163 e. The maximum atomic E-state index is 9.92. The fraction of sp³-hybridized carbons (Fsp3) is 0.500. The van der Waals surface area contributed by atoms with Crippen LogP contribution in [0.5, 0.6) is 11.5 Å². The van der Waals surface area contributed by atoms with Crippen molar-refractivity contribution in [3.8, 4) is 11.5 Å². The van der Waals surface area contributed by atoms with Gasteiger partial charge < -0.3 is 14.9 Å². The Morgan fingerprint density at radius 2 is 2.07 bits per heavy atom. The van der Waals surface area contributed by atoms with Crippen LogP contribution in [-0.4, -0.2) is 22.9 Å². The summed E-state index contributed by atoms with van der Waals surface area (Å²) >= 11 is 0. The van der Waals surface area contributed by atoms with Crippen molar-refractivity contribution >= 4 is 0 Å². The van der Waals surface area contributed by atoms with Gasteiger partial charge in [-0.2, -0.15) is 0 Å². The van der Waals surface area contributed by atoms with E-state index in [1.807, 2.05) is 19.1 Å². The molecule has 1 aromatic rings. The summed E-state index contributed by atoms with van der Waals surface area (Å²) in [4.78, 5) is 0. The number of hydrogen-bond donors (Lipinski definition) is 2. The Hall–Kier alpha value is -1.22. The fourth-order valence-electron chi connectivity index (χ4n) is 1.79. The van der Waals surface area contributed by atoms with Crippen molar-refractivity contribution in [1.29, 1.82) is 0 Å². The second-order valence-electron chi connectivity index (χ2n) is 4.32. The molecule has 0 bridgehead atoms. The van der Waals surface area contributed by atoms with Crippen LogP contribution < -0.4 is 4.74 Å². The molecule has 15 heavy (non-hydrogen) atoms. The van der Waals surface area contributed by atoms with Crippen LogP contribution in [0.2, 0.25) is 0 Å². The molecule has 0 saturated heterocycles. The molecule has 0 spiro atoms. The summed E-state index contributed by atoms with van der Waals surface area (Å²) in [5.41, 5.74) is 1.08. The normalized spacial score (nSPS) is 17.5. The molecule has 0 heterocycles. The third-order valence-electron chi connectivity index (χ3n) is 2.96. The number of ether oxygens (including phenoxy) is 1. The second-order valence-corrected chi connectivity index (χ2v) is 4.32. The Morgan fingerprint density at radius 1 is 1.40 bits per heavy atom. The molecule has 0 unspecified atom stereocenters. The average Bonchev–Trinajstić information content (AvgIpc) is 2.90. The largest absolute Gasteiger partial charge is 0.504 e. The van der Waals surface area contributed by atoms with Gasteiger partial charge in [0.1, 0.15) is 0 Å². The molecular weight excluding hydrogens is 192 g/mol. The van der Waals surface area contributed by atoms with E-state index < -0.39 is 5.60 Å². The minimum atomic E-state index is -0.586. The summed E-state index contributed by atoms with van der Waals surface area (Å²) in [6, 6.07) is 3.75. The SMILES string of the molecule is COc1c(C)ccc(CC2(O)CC2)c1O. The van der Waals surface area contributed by atoms with E-state index in [2.05, 4.69) is 0 Å². The summed E-state index contributed by atoms with van der Waals surface area (Å²) < 4.78 is 5.12. The summed E-state index contributed by atoms with van der Waals surface area (Å²) in [5.74, 6) is 0.676. The molecule has 3 heteroatoms. The van der Waals surface area contributed by atoms with E-state index in [4.69, 9.17) is 4.74 Å². The van der Waals surface area contributed by atoms with Crippen LogP contribution in [0.1, 0.15) is 24.0 Å². The standard InChI is InChI=1S/C12H16O3/c1-8-3-4-9(7-12(14)5-6-12)10(13)11(8)15-2/h3-4,13-14H,5-7H2,1-2H3. The first-order valence-electron chi connectivity index (χ1n) is 5.13. The van der Waals surface area contributed by atoms with Gasteiger partial charge in [0.05, 0.1) is 12.7 Å². The lowest BCUT2D eigenvalue weighted by atomic mass is 10.0. The molecule has 1 aromatic carbocycles. The molecule has 0 atom stereocenters.